The third kappa shape index (κ3) is 3.79. The van der Waals surface area contributed by atoms with Gasteiger partial charge in [0.25, 0.3) is 5.91 Å². The van der Waals surface area contributed by atoms with Gasteiger partial charge < -0.3 is 15.3 Å². The lowest BCUT2D eigenvalue weighted by molar-refractivity contribution is 0.0765. The molecule has 2 rings (SSSR count). The Morgan fingerprint density at radius 3 is 2.41 bits per heavy atom. The van der Waals surface area contributed by atoms with Gasteiger partial charge >= 0.3 is 0 Å². The third-order valence-corrected chi connectivity index (χ3v) is 3.47. The molecule has 2 aromatic rings. The van der Waals surface area contributed by atoms with Gasteiger partial charge in [0.1, 0.15) is 5.75 Å². The first-order valence-corrected chi connectivity index (χ1v) is 7.60. The fourth-order valence-electron chi connectivity index (χ4n) is 2.32. The van der Waals surface area contributed by atoms with Crippen LogP contribution < -0.4 is 5.32 Å². The first-order chi connectivity index (χ1) is 10.7. The minimum Gasteiger partial charge on any atom is -0.508 e. The second-order valence-electron chi connectivity index (χ2n) is 5.10. The smallest absolute Gasteiger partial charge is 0.255 e. The maximum Gasteiger partial charge on any atom is 0.255 e. The zero-order chi connectivity index (χ0) is 15.9. The number of hydrogen-bond acceptors (Lipinski definition) is 3. The summed E-state index contributed by atoms with van der Waals surface area (Å²) >= 11 is 0. The van der Waals surface area contributed by atoms with Gasteiger partial charge in [-0.2, -0.15) is 0 Å². The topological polar surface area (TPSA) is 52.6 Å². The Morgan fingerprint density at radius 1 is 1.09 bits per heavy atom. The summed E-state index contributed by atoms with van der Waals surface area (Å²) in [6.45, 7) is 5.50. The molecule has 4 nitrogen and oxygen atoms in total. The molecule has 0 spiro atoms. The average molecular weight is 298 g/mol. The van der Waals surface area contributed by atoms with Crippen LogP contribution in [-0.2, 0) is 0 Å². The molecule has 0 saturated heterocycles. The number of carbonyl (C=O) groups is 1. The van der Waals surface area contributed by atoms with Gasteiger partial charge in [-0.05, 0) is 49.7 Å². The van der Waals surface area contributed by atoms with Crippen LogP contribution in [0.25, 0.3) is 0 Å². The number of phenolic OH excluding ortho intramolecular Hbond substituents is 1. The van der Waals surface area contributed by atoms with E-state index >= 15 is 0 Å². The Balaban J connectivity index is 2.26. The number of nitrogens with one attached hydrogen (secondary N) is 1. The molecule has 0 fully saturated rings. The number of anilines is 2. The number of carbonyl (C=O) groups excluding carboxylic acids is 1. The van der Waals surface area contributed by atoms with Gasteiger partial charge in [0, 0.05) is 18.8 Å². The Labute approximate surface area is 131 Å². The molecule has 22 heavy (non-hydrogen) atoms. The van der Waals surface area contributed by atoms with Crippen molar-refractivity contribution in [1.82, 2.24) is 4.90 Å². The Kier molecular flexibility index (Phi) is 5.42. The van der Waals surface area contributed by atoms with Gasteiger partial charge in [0.05, 0.1) is 11.3 Å². The molecule has 2 N–H and O–H groups in total. The SMILES string of the molecule is CCCN(CC)C(=O)c1ccccc1Nc1ccc(O)cc1. The molecule has 0 bridgehead atoms. The predicted molar refractivity (Wildman–Crippen MR) is 89.7 cm³/mol. The van der Waals surface area contributed by atoms with Gasteiger partial charge in [-0.3, -0.25) is 4.79 Å². The first kappa shape index (κ1) is 15.9. The molecule has 0 radical (unpaired) electrons. The van der Waals surface area contributed by atoms with E-state index in [1.807, 2.05) is 36.1 Å². The number of phenols is 1. The standard InChI is InChI=1S/C18H22N2O2/c1-3-13-20(4-2)18(22)16-7-5-6-8-17(16)19-14-9-11-15(21)12-10-14/h5-12,19,21H,3-4,13H2,1-2H3. The minimum atomic E-state index is 0.0335. The van der Waals surface area contributed by atoms with E-state index in [2.05, 4.69) is 12.2 Å². The molecule has 0 aromatic heterocycles. The molecule has 2 aromatic carbocycles. The summed E-state index contributed by atoms with van der Waals surface area (Å²) < 4.78 is 0. The molecule has 116 valence electrons. The summed E-state index contributed by atoms with van der Waals surface area (Å²) in [5.41, 5.74) is 2.26. The van der Waals surface area contributed by atoms with Gasteiger partial charge in [-0.15, -0.1) is 0 Å². The molecule has 0 aliphatic rings. The summed E-state index contributed by atoms with van der Waals surface area (Å²) in [5.74, 6) is 0.251. The van der Waals surface area contributed by atoms with Crippen molar-refractivity contribution in [3.05, 3.63) is 54.1 Å². The highest BCUT2D eigenvalue weighted by Crippen LogP contribution is 2.23. The van der Waals surface area contributed by atoms with Crippen LogP contribution in [0, 0.1) is 0 Å². The number of hydrogen-bond donors (Lipinski definition) is 2. The Morgan fingerprint density at radius 2 is 1.77 bits per heavy atom. The van der Waals surface area contributed by atoms with Crippen LogP contribution in [0.5, 0.6) is 5.75 Å². The molecular formula is C18H22N2O2. The van der Waals surface area contributed by atoms with Crippen LogP contribution in [0.4, 0.5) is 11.4 Å². The maximum atomic E-state index is 12.7. The van der Waals surface area contributed by atoms with Crippen molar-refractivity contribution >= 4 is 17.3 Å². The van der Waals surface area contributed by atoms with Crippen LogP contribution in [0.3, 0.4) is 0 Å². The summed E-state index contributed by atoms with van der Waals surface area (Å²) in [7, 11) is 0. The highest BCUT2D eigenvalue weighted by molar-refractivity contribution is 6.00. The minimum absolute atomic E-state index is 0.0335. The monoisotopic (exact) mass is 298 g/mol. The lowest BCUT2D eigenvalue weighted by Gasteiger charge is -2.22. The summed E-state index contributed by atoms with van der Waals surface area (Å²) in [5, 5.41) is 12.6. The highest BCUT2D eigenvalue weighted by atomic mass is 16.3. The first-order valence-electron chi connectivity index (χ1n) is 7.60. The van der Waals surface area contributed by atoms with Crippen molar-refractivity contribution in [3.8, 4) is 5.75 Å². The van der Waals surface area contributed by atoms with Crippen molar-refractivity contribution in [3.63, 3.8) is 0 Å². The molecule has 0 aliphatic heterocycles. The molecule has 0 saturated carbocycles. The summed E-state index contributed by atoms with van der Waals surface area (Å²) in [4.78, 5) is 14.5. The fraction of sp³-hybridized carbons (Fsp3) is 0.278. The molecule has 0 unspecified atom stereocenters. The quantitative estimate of drug-likeness (QED) is 0.792. The van der Waals surface area contributed by atoms with E-state index in [-0.39, 0.29) is 11.7 Å². The third-order valence-electron chi connectivity index (χ3n) is 3.47. The molecule has 0 atom stereocenters. The van der Waals surface area contributed by atoms with Crippen LogP contribution >= 0.6 is 0 Å². The Hall–Kier alpha value is -2.49. The zero-order valence-electron chi connectivity index (χ0n) is 13.0. The number of amides is 1. The van der Waals surface area contributed by atoms with E-state index in [4.69, 9.17) is 0 Å². The average Bonchev–Trinajstić information content (AvgIpc) is 2.54. The predicted octanol–water partition coefficient (Wildman–Crippen LogP) is 4.01. The zero-order valence-corrected chi connectivity index (χ0v) is 13.0. The summed E-state index contributed by atoms with van der Waals surface area (Å²) in [6.07, 6.45) is 0.938. The van der Waals surface area contributed by atoms with Crippen molar-refractivity contribution < 1.29 is 9.90 Å². The van der Waals surface area contributed by atoms with Gasteiger partial charge in [0.15, 0.2) is 0 Å². The Bertz CT molecular complexity index is 623. The number of rotatable bonds is 6. The van der Waals surface area contributed by atoms with Crippen molar-refractivity contribution in [2.45, 2.75) is 20.3 Å². The molecular weight excluding hydrogens is 276 g/mol. The largest absolute Gasteiger partial charge is 0.508 e. The number of para-hydroxylation sites is 1. The van der Waals surface area contributed by atoms with Crippen LogP contribution in [0.15, 0.2) is 48.5 Å². The van der Waals surface area contributed by atoms with Gasteiger partial charge in [-0.1, -0.05) is 19.1 Å². The lowest BCUT2D eigenvalue weighted by Crippen LogP contribution is -2.31. The maximum absolute atomic E-state index is 12.7. The fourth-order valence-corrected chi connectivity index (χ4v) is 2.32. The van der Waals surface area contributed by atoms with Gasteiger partial charge in [-0.25, -0.2) is 0 Å². The molecule has 0 heterocycles. The molecule has 4 heteroatoms. The second kappa shape index (κ2) is 7.50. The highest BCUT2D eigenvalue weighted by Gasteiger charge is 2.16. The van der Waals surface area contributed by atoms with E-state index in [0.717, 1.165) is 24.3 Å². The van der Waals surface area contributed by atoms with Gasteiger partial charge in [0.2, 0.25) is 0 Å². The van der Waals surface area contributed by atoms with Crippen molar-refractivity contribution in [2.75, 3.05) is 18.4 Å². The van der Waals surface area contributed by atoms with E-state index in [9.17, 15) is 9.90 Å². The molecule has 1 amide bonds. The van der Waals surface area contributed by atoms with E-state index in [1.165, 1.54) is 0 Å². The van der Waals surface area contributed by atoms with E-state index in [0.29, 0.717) is 12.1 Å². The van der Waals surface area contributed by atoms with Crippen molar-refractivity contribution in [1.29, 1.82) is 0 Å². The van der Waals surface area contributed by atoms with Crippen molar-refractivity contribution in [2.24, 2.45) is 0 Å². The number of nitrogens with zero attached hydrogens (tertiary/aromatic N) is 1. The van der Waals surface area contributed by atoms with E-state index in [1.54, 1.807) is 24.3 Å². The normalized spacial score (nSPS) is 10.3. The van der Waals surface area contributed by atoms with E-state index < -0.39 is 0 Å². The van der Waals surface area contributed by atoms with Crippen LogP contribution in [0.2, 0.25) is 0 Å². The van der Waals surface area contributed by atoms with Crippen LogP contribution in [0.1, 0.15) is 30.6 Å². The number of benzene rings is 2. The second-order valence-corrected chi connectivity index (χ2v) is 5.10. The lowest BCUT2D eigenvalue weighted by atomic mass is 10.1. The summed E-state index contributed by atoms with van der Waals surface area (Å²) in [6, 6.07) is 14.3. The molecule has 0 aliphatic carbocycles. The number of aromatic hydroxyl groups is 1. The van der Waals surface area contributed by atoms with Crippen LogP contribution in [-0.4, -0.2) is 29.0 Å².